The molecule has 1 aliphatic carbocycles. The standard InChI is InChI=1S/C19H30N2O2/c1-13-8-7-10-16(15(13)3)20-14(2)12-19(22)21-17-9-5-6-11-18(17)23-4/h5-6,9,11,13-16,20H,7-8,10,12H2,1-4H3,(H,21,22)/t13-,14-,15-,16+/m0/s1. The van der Waals surface area contributed by atoms with Crippen LogP contribution in [0.3, 0.4) is 0 Å². The molecule has 0 saturated heterocycles. The van der Waals surface area contributed by atoms with Gasteiger partial charge in [-0.3, -0.25) is 4.79 Å². The van der Waals surface area contributed by atoms with Crippen LogP contribution < -0.4 is 15.4 Å². The van der Waals surface area contributed by atoms with E-state index in [1.54, 1.807) is 7.11 Å². The topological polar surface area (TPSA) is 50.4 Å². The monoisotopic (exact) mass is 318 g/mol. The Kier molecular flexibility index (Phi) is 6.46. The van der Waals surface area contributed by atoms with Crippen LogP contribution in [0.15, 0.2) is 24.3 Å². The summed E-state index contributed by atoms with van der Waals surface area (Å²) in [4.78, 5) is 12.3. The molecule has 1 amide bonds. The van der Waals surface area contributed by atoms with Crippen molar-refractivity contribution in [2.24, 2.45) is 11.8 Å². The van der Waals surface area contributed by atoms with Crippen LogP contribution in [-0.4, -0.2) is 25.1 Å². The number of hydrogen-bond acceptors (Lipinski definition) is 3. The Balaban J connectivity index is 1.85. The van der Waals surface area contributed by atoms with Crippen LogP contribution >= 0.6 is 0 Å². The fourth-order valence-electron chi connectivity index (χ4n) is 3.47. The number of hydrogen-bond donors (Lipinski definition) is 2. The van der Waals surface area contributed by atoms with Crippen molar-refractivity contribution < 1.29 is 9.53 Å². The average molecular weight is 318 g/mol. The number of para-hydroxylation sites is 2. The van der Waals surface area contributed by atoms with Gasteiger partial charge in [0, 0.05) is 18.5 Å². The van der Waals surface area contributed by atoms with E-state index in [1.807, 2.05) is 24.3 Å². The van der Waals surface area contributed by atoms with E-state index in [2.05, 4.69) is 31.4 Å². The fourth-order valence-corrected chi connectivity index (χ4v) is 3.47. The van der Waals surface area contributed by atoms with E-state index in [0.29, 0.717) is 24.1 Å². The number of nitrogens with one attached hydrogen (secondary N) is 2. The molecule has 2 N–H and O–H groups in total. The minimum absolute atomic E-state index is 0.0195. The van der Waals surface area contributed by atoms with Gasteiger partial charge < -0.3 is 15.4 Å². The normalized spacial score (nSPS) is 25.7. The lowest BCUT2D eigenvalue weighted by molar-refractivity contribution is -0.116. The summed E-state index contributed by atoms with van der Waals surface area (Å²) in [5, 5.41) is 6.60. The molecule has 0 spiro atoms. The molecule has 4 nitrogen and oxygen atoms in total. The number of anilines is 1. The van der Waals surface area contributed by atoms with Gasteiger partial charge in [-0.15, -0.1) is 0 Å². The smallest absolute Gasteiger partial charge is 0.226 e. The van der Waals surface area contributed by atoms with Crippen molar-refractivity contribution in [2.45, 2.75) is 58.5 Å². The molecule has 1 aromatic rings. The molecule has 23 heavy (non-hydrogen) atoms. The third-order valence-electron chi connectivity index (χ3n) is 5.08. The van der Waals surface area contributed by atoms with Gasteiger partial charge in [0.15, 0.2) is 0 Å². The quantitative estimate of drug-likeness (QED) is 0.838. The molecule has 4 heteroatoms. The average Bonchev–Trinajstić information content (AvgIpc) is 2.52. The van der Waals surface area contributed by atoms with Gasteiger partial charge in [0.25, 0.3) is 0 Å². The van der Waals surface area contributed by atoms with Crippen molar-refractivity contribution in [2.75, 3.05) is 12.4 Å². The maximum Gasteiger partial charge on any atom is 0.226 e. The molecule has 0 aliphatic heterocycles. The fraction of sp³-hybridized carbons (Fsp3) is 0.632. The SMILES string of the molecule is COc1ccccc1NC(=O)C[C@H](C)N[C@@H]1CCC[C@H](C)[C@@H]1C. The van der Waals surface area contributed by atoms with E-state index in [1.165, 1.54) is 19.3 Å². The molecule has 2 rings (SSSR count). The number of benzene rings is 1. The highest BCUT2D eigenvalue weighted by atomic mass is 16.5. The highest BCUT2D eigenvalue weighted by Crippen LogP contribution is 2.30. The Hall–Kier alpha value is -1.55. The first-order valence-corrected chi connectivity index (χ1v) is 8.70. The van der Waals surface area contributed by atoms with Crippen molar-refractivity contribution >= 4 is 11.6 Å². The number of rotatable bonds is 6. The van der Waals surface area contributed by atoms with Gasteiger partial charge in [-0.25, -0.2) is 0 Å². The summed E-state index contributed by atoms with van der Waals surface area (Å²) in [7, 11) is 1.61. The number of methoxy groups -OCH3 is 1. The second-order valence-corrected chi connectivity index (χ2v) is 6.89. The molecule has 1 aliphatic rings. The molecular formula is C19H30N2O2. The summed E-state index contributed by atoms with van der Waals surface area (Å²) in [6.07, 6.45) is 4.28. The molecule has 0 unspecified atom stereocenters. The second-order valence-electron chi connectivity index (χ2n) is 6.89. The lowest BCUT2D eigenvalue weighted by Gasteiger charge is -2.36. The van der Waals surface area contributed by atoms with Crippen LogP contribution in [0.5, 0.6) is 5.75 Å². The van der Waals surface area contributed by atoms with E-state index < -0.39 is 0 Å². The third-order valence-corrected chi connectivity index (χ3v) is 5.08. The van der Waals surface area contributed by atoms with E-state index in [0.717, 1.165) is 11.6 Å². The Morgan fingerprint density at radius 1 is 1.30 bits per heavy atom. The zero-order chi connectivity index (χ0) is 16.8. The molecule has 0 bridgehead atoms. The Morgan fingerprint density at radius 3 is 2.78 bits per heavy atom. The molecule has 4 atom stereocenters. The Bertz CT molecular complexity index is 518. The van der Waals surface area contributed by atoms with Gasteiger partial charge in [0.1, 0.15) is 5.75 Å². The van der Waals surface area contributed by atoms with Crippen LogP contribution in [0.1, 0.15) is 46.5 Å². The van der Waals surface area contributed by atoms with Gasteiger partial charge in [-0.1, -0.05) is 38.8 Å². The number of carbonyl (C=O) groups excluding carboxylic acids is 1. The van der Waals surface area contributed by atoms with Crippen molar-refractivity contribution in [3.63, 3.8) is 0 Å². The summed E-state index contributed by atoms with van der Waals surface area (Å²) < 4.78 is 5.27. The molecule has 1 fully saturated rings. The van der Waals surface area contributed by atoms with E-state index in [-0.39, 0.29) is 11.9 Å². The molecule has 1 saturated carbocycles. The number of carbonyl (C=O) groups is 1. The lowest BCUT2D eigenvalue weighted by atomic mass is 9.78. The summed E-state index contributed by atoms with van der Waals surface area (Å²) in [6, 6.07) is 8.19. The first-order valence-electron chi connectivity index (χ1n) is 8.70. The molecule has 128 valence electrons. The van der Waals surface area contributed by atoms with Gasteiger partial charge in [0.05, 0.1) is 12.8 Å². The highest BCUT2D eigenvalue weighted by molar-refractivity contribution is 5.92. The molecule has 0 radical (unpaired) electrons. The summed E-state index contributed by atoms with van der Waals surface area (Å²) in [5.74, 6) is 2.14. The second kappa shape index (κ2) is 8.34. The van der Waals surface area contributed by atoms with Crippen LogP contribution in [0.2, 0.25) is 0 Å². The van der Waals surface area contributed by atoms with Crippen LogP contribution in [0, 0.1) is 11.8 Å². The van der Waals surface area contributed by atoms with Crippen molar-refractivity contribution in [1.29, 1.82) is 0 Å². The predicted molar refractivity (Wildman–Crippen MR) is 94.8 cm³/mol. The molecule has 0 aromatic heterocycles. The first kappa shape index (κ1) is 17.8. The van der Waals surface area contributed by atoms with Crippen LogP contribution in [-0.2, 0) is 4.79 Å². The molecular weight excluding hydrogens is 288 g/mol. The Morgan fingerprint density at radius 2 is 2.04 bits per heavy atom. The van der Waals surface area contributed by atoms with E-state index in [9.17, 15) is 4.79 Å². The lowest BCUT2D eigenvalue weighted by Crippen LogP contribution is -2.45. The van der Waals surface area contributed by atoms with Gasteiger partial charge >= 0.3 is 0 Å². The summed E-state index contributed by atoms with van der Waals surface area (Å²) >= 11 is 0. The summed E-state index contributed by atoms with van der Waals surface area (Å²) in [5.41, 5.74) is 0.729. The van der Waals surface area contributed by atoms with Crippen LogP contribution in [0.4, 0.5) is 5.69 Å². The largest absolute Gasteiger partial charge is 0.495 e. The van der Waals surface area contributed by atoms with Crippen molar-refractivity contribution in [3.8, 4) is 5.75 Å². The van der Waals surface area contributed by atoms with Gasteiger partial charge in [-0.2, -0.15) is 0 Å². The van der Waals surface area contributed by atoms with Gasteiger partial charge in [0.2, 0.25) is 5.91 Å². The zero-order valence-electron chi connectivity index (χ0n) is 14.8. The molecule has 1 aromatic carbocycles. The third kappa shape index (κ3) is 4.96. The maximum absolute atomic E-state index is 12.3. The maximum atomic E-state index is 12.3. The molecule has 0 heterocycles. The van der Waals surface area contributed by atoms with E-state index in [4.69, 9.17) is 4.74 Å². The number of ether oxygens (including phenoxy) is 1. The minimum Gasteiger partial charge on any atom is -0.495 e. The van der Waals surface area contributed by atoms with Gasteiger partial charge in [-0.05, 0) is 37.3 Å². The Labute approximate surface area is 140 Å². The van der Waals surface area contributed by atoms with Crippen molar-refractivity contribution in [3.05, 3.63) is 24.3 Å². The van der Waals surface area contributed by atoms with E-state index >= 15 is 0 Å². The number of amides is 1. The predicted octanol–water partition coefficient (Wildman–Crippen LogP) is 3.83. The summed E-state index contributed by atoms with van der Waals surface area (Å²) in [6.45, 7) is 6.74. The first-order chi connectivity index (χ1) is 11.0. The van der Waals surface area contributed by atoms with Crippen LogP contribution in [0.25, 0.3) is 0 Å². The van der Waals surface area contributed by atoms with Crippen molar-refractivity contribution in [1.82, 2.24) is 5.32 Å². The minimum atomic E-state index is 0.0195. The highest BCUT2D eigenvalue weighted by Gasteiger charge is 2.28. The zero-order valence-corrected chi connectivity index (χ0v) is 14.8.